The van der Waals surface area contributed by atoms with E-state index in [2.05, 4.69) is 9.05 Å². The lowest BCUT2D eigenvalue weighted by atomic mass is 10.4. The maximum Gasteiger partial charge on any atom is 0.472 e. The van der Waals surface area contributed by atoms with Gasteiger partial charge in [0.2, 0.25) is 0 Å². The summed E-state index contributed by atoms with van der Waals surface area (Å²) in [4.78, 5) is 31.7. The minimum Gasteiger partial charge on any atom is -0.462 e. The highest BCUT2D eigenvalue weighted by Gasteiger charge is 2.25. The first-order chi connectivity index (χ1) is 10.3. The zero-order chi connectivity index (χ0) is 17.0. The van der Waals surface area contributed by atoms with Gasteiger partial charge in [-0.15, -0.1) is 0 Å². The third-order valence-electron chi connectivity index (χ3n) is 2.29. The molecule has 0 aromatic heterocycles. The van der Waals surface area contributed by atoms with Gasteiger partial charge >= 0.3 is 19.8 Å². The molecule has 0 rings (SSSR count). The maximum atomic E-state index is 11.5. The molecular formula is C12H23O9P. The number of aliphatic hydroxyl groups excluding tert-OH is 1. The van der Waals surface area contributed by atoms with Crippen molar-refractivity contribution in [2.75, 3.05) is 26.4 Å². The Morgan fingerprint density at radius 1 is 1.09 bits per heavy atom. The Labute approximate surface area is 129 Å². The summed E-state index contributed by atoms with van der Waals surface area (Å²) in [6, 6.07) is 0. The number of hydrogen-bond acceptors (Lipinski definition) is 8. The number of carbonyl (C=O) groups is 2. The van der Waals surface area contributed by atoms with Crippen LogP contribution < -0.4 is 0 Å². The van der Waals surface area contributed by atoms with Crippen LogP contribution in [0.25, 0.3) is 0 Å². The molecule has 2 atom stereocenters. The zero-order valence-electron chi connectivity index (χ0n) is 12.7. The lowest BCUT2D eigenvalue weighted by Crippen LogP contribution is -2.29. The highest BCUT2D eigenvalue weighted by atomic mass is 31.2. The van der Waals surface area contributed by atoms with Crippen molar-refractivity contribution in [1.29, 1.82) is 0 Å². The molecule has 10 heteroatoms. The minimum absolute atomic E-state index is 0.0992. The summed E-state index contributed by atoms with van der Waals surface area (Å²) in [5, 5.41) is 8.55. The molecule has 0 fully saturated rings. The molecule has 0 radical (unpaired) electrons. The predicted molar refractivity (Wildman–Crippen MR) is 74.9 cm³/mol. The molecule has 0 saturated carbocycles. The Hall–Kier alpha value is -0.990. The molecule has 0 saturated heterocycles. The second-order valence-corrected chi connectivity index (χ2v) is 5.63. The summed E-state index contributed by atoms with van der Waals surface area (Å²) < 4.78 is 30.6. The van der Waals surface area contributed by atoms with Gasteiger partial charge in [0.15, 0.2) is 6.10 Å². The smallest absolute Gasteiger partial charge is 0.462 e. The van der Waals surface area contributed by atoms with Crippen molar-refractivity contribution in [1.82, 2.24) is 0 Å². The van der Waals surface area contributed by atoms with Crippen LogP contribution in [0, 0.1) is 0 Å². The zero-order valence-corrected chi connectivity index (χ0v) is 13.6. The van der Waals surface area contributed by atoms with Crippen molar-refractivity contribution >= 4 is 19.8 Å². The van der Waals surface area contributed by atoms with Crippen LogP contribution in [0.2, 0.25) is 0 Å². The first-order valence-corrected chi connectivity index (χ1v) is 8.42. The largest absolute Gasteiger partial charge is 0.472 e. The number of esters is 2. The molecule has 0 spiro atoms. The molecule has 0 amide bonds. The second-order valence-electron chi connectivity index (χ2n) is 4.18. The Kier molecular flexibility index (Phi) is 11.0. The Bertz CT molecular complexity index is 385. The number of carbonyl (C=O) groups excluding carboxylic acids is 2. The molecule has 0 heterocycles. The van der Waals surface area contributed by atoms with Crippen LogP contribution in [0.1, 0.15) is 33.1 Å². The van der Waals surface area contributed by atoms with Crippen molar-refractivity contribution in [2.45, 2.75) is 39.2 Å². The van der Waals surface area contributed by atoms with Crippen LogP contribution >= 0.6 is 7.82 Å². The van der Waals surface area contributed by atoms with E-state index >= 15 is 0 Å². The van der Waals surface area contributed by atoms with E-state index in [4.69, 9.17) is 14.6 Å². The second kappa shape index (κ2) is 11.6. The number of phosphoric ester groups is 1. The Morgan fingerprint density at radius 3 is 2.27 bits per heavy atom. The summed E-state index contributed by atoms with van der Waals surface area (Å²) in [6.45, 7) is 2.08. The molecule has 0 bridgehead atoms. The predicted octanol–water partition coefficient (Wildman–Crippen LogP) is 0.777. The van der Waals surface area contributed by atoms with Gasteiger partial charge in [0.05, 0.1) is 13.2 Å². The molecular weight excluding hydrogens is 319 g/mol. The normalized spacial score (nSPS) is 14.9. The highest BCUT2D eigenvalue weighted by molar-refractivity contribution is 7.47. The summed E-state index contributed by atoms with van der Waals surface area (Å²) >= 11 is 0. The molecule has 0 aliphatic heterocycles. The fourth-order valence-corrected chi connectivity index (χ4v) is 1.92. The number of aliphatic hydroxyl groups is 1. The van der Waals surface area contributed by atoms with E-state index in [-0.39, 0.29) is 39.1 Å². The number of ether oxygens (including phenoxy) is 2. The van der Waals surface area contributed by atoms with E-state index < -0.39 is 32.5 Å². The van der Waals surface area contributed by atoms with Gasteiger partial charge in [-0.25, -0.2) is 4.57 Å². The molecule has 1 unspecified atom stereocenters. The maximum absolute atomic E-state index is 11.5. The third kappa shape index (κ3) is 10.7. The van der Waals surface area contributed by atoms with Gasteiger partial charge in [-0.05, 0) is 6.42 Å². The van der Waals surface area contributed by atoms with Gasteiger partial charge < -0.3 is 19.5 Å². The SMILES string of the molecule is CCC(=O)OC[C@H](COP(=O)(O)OCCCO)OC(=O)CC. The van der Waals surface area contributed by atoms with Gasteiger partial charge in [0.1, 0.15) is 6.61 Å². The summed E-state index contributed by atoms with van der Waals surface area (Å²) in [5.74, 6) is -1.06. The topological polar surface area (TPSA) is 129 Å². The highest BCUT2D eigenvalue weighted by Crippen LogP contribution is 2.43. The van der Waals surface area contributed by atoms with Crippen LogP contribution in [0.5, 0.6) is 0 Å². The van der Waals surface area contributed by atoms with E-state index in [9.17, 15) is 19.0 Å². The monoisotopic (exact) mass is 342 g/mol. The lowest BCUT2D eigenvalue weighted by Gasteiger charge is -2.19. The van der Waals surface area contributed by atoms with Crippen LogP contribution in [-0.2, 0) is 32.7 Å². The fourth-order valence-electron chi connectivity index (χ4n) is 1.13. The standard InChI is InChI=1S/C12H23O9P/c1-3-11(14)18-8-10(21-12(15)4-2)9-20-22(16,17)19-7-5-6-13/h10,13H,3-9H2,1-2H3,(H,16,17)/t10-/m1/s1. The van der Waals surface area contributed by atoms with E-state index in [1.165, 1.54) is 0 Å². The summed E-state index contributed by atoms with van der Waals surface area (Å²) in [5.41, 5.74) is 0. The summed E-state index contributed by atoms with van der Waals surface area (Å²) in [7, 11) is -4.33. The minimum atomic E-state index is -4.33. The van der Waals surface area contributed by atoms with Gasteiger partial charge in [0, 0.05) is 19.4 Å². The summed E-state index contributed by atoms with van der Waals surface area (Å²) in [6.07, 6.45) is -0.582. The molecule has 22 heavy (non-hydrogen) atoms. The molecule has 0 aromatic carbocycles. The quantitative estimate of drug-likeness (QED) is 0.300. The first kappa shape index (κ1) is 21.0. The number of hydrogen-bond donors (Lipinski definition) is 2. The molecule has 130 valence electrons. The average Bonchev–Trinajstić information content (AvgIpc) is 2.49. The van der Waals surface area contributed by atoms with E-state index in [0.29, 0.717) is 0 Å². The van der Waals surface area contributed by atoms with Gasteiger partial charge in [-0.2, -0.15) is 0 Å². The van der Waals surface area contributed by atoms with Crippen LogP contribution in [0.4, 0.5) is 0 Å². The average molecular weight is 342 g/mol. The van der Waals surface area contributed by atoms with Gasteiger partial charge in [-0.1, -0.05) is 13.8 Å². The third-order valence-corrected chi connectivity index (χ3v) is 3.27. The van der Waals surface area contributed by atoms with E-state index in [1.807, 2.05) is 0 Å². The van der Waals surface area contributed by atoms with Crippen LogP contribution in [0.3, 0.4) is 0 Å². The van der Waals surface area contributed by atoms with Crippen molar-refractivity contribution < 1.29 is 42.7 Å². The molecule has 0 aromatic rings. The van der Waals surface area contributed by atoms with Crippen molar-refractivity contribution in [3.05, 3.63) is 0 Å². The van der Waals surface area contributed by atoms with Crippen molar-refractivity contribution in [3.63, 3.8) is 0 Å². The van der Waals surface area contributed by atoms with Gasteiger partial charge in [-0.3, -0.25) is 18.6 Å². The van der Waals surface area contributed by atoms with Crippen molar-refractivity contribution in [2.24, 2.45) is 0 Å². The molecule has 0 aliphatic rings. The molecule has 2 N–H and O–H groups in total. The lowest BCUT2D eigenvalue weighted by molar-refractivity contribution is -0.160. The van der Waals surface area contributed by atoms with E-state index in [1.54, 1.807) is 13.8 Å². The van der Waals surface area contributed by atoms with Gasteiger partial charge in [0.25, 0.3) is 0 Å². The number of phosphoric acid groups is 1. The Balaban J connectivity index is 4.39. The molecule has 9 nitrogen and oxygen atoms in total. The number of rotatable bonds is 12. The van der Waals surface area contributed by atoms with Crippen LogP contribution in [0.15, 0.2) is 0 Å². The Morgan fingerprint density at radius 2 is 1.73 bits per heavy atom. The molecule has 0 aliphatic carbocycles. The van der Waals surface area contributed by atoms with E-state index in [0.717, 1.165) is 0 Å². The van der Waals surface area contributed by atoms with Crippen LogP contribution in [-0.4, -0.2) is 54.5 Å². The first-order valence-electron chi connectivity index (χ1n) is 6.92. The fraction of sp³-hybridized carbons (Fsp3) is 0.833. The van der Waals surface area contributed by atoms with Crippen molar-refractivity contribution in [3.8, 4) is 0 Å².